The molecule has 1 N–H and O–H groups in total. The van der Waals surface area contributed by atoms with Crippen LogP contribution >= 0.6 is 23.2 Å². The molecule has 0 saturated carbocycles. The fourth-order valence-electron chi connectivity index (χ4n) is 4.40. The second-order valence-corrected chi connectivity index (χ2v) is 10.9. The van der Waals surface area contributed by atoms with Gasteiger partial charge in [0.05, 0.1) is 23.5 Å². The number of benzene rings is 3. The first-order chi connectivity index (χ1) is 16.2. The van der Waals surface area contributed by atoms with Crippen molar-refractivity contribution in [1.82, 2.24) is 14.8 Å². The first-order valence-corrected chi connectivity index (χ1v) is 13.2. The summed E-state index contributed by atoms with van der Waals surface area (Å²) in [5.74, 6) is 0. The van der Waals surface area contributed by atoms with E-state index in [1.165, 1.54) is 10.7 Å². The van der Waals surface area contributed by atoms with Gasteiger partial charge in [0.2, 0.25) is 10.0 Å². The molecule has 1 aliphatic heterocycles. The van der Waals surface area contributed by atoms with Crippen LogP contribution in [0.1, 0.15) is 22.9 Å². The number of halogens is 2. The number of hydrazine groups is 1. The molecule has 0 saturated heterocycles. The summed E-state index contributed by atoms with van der Waals surface area (Å²) >= 11 is 12.8. The minimum absolute atomic E-state index is 0.490. The quantitative estimate of drug-likeness (QED) is 0.346. The van der Waals surface area contributed by atoms with E-state index in [-0.39, 0.29) is 0 Å². The van der Waals surface area contributed by atoms with Crippen LogP contribution in [0.2, 0.25) is 10.0 Å². The SMILES string of the molecule is Cc1nc2ccc(Cl)cc2c(-c2ccccc2)c1C1=C[C@H](c2ccccc2Cl)N(S(C)(=O)=O)N1. The summed E-state index contributed by atoms with van der Waals surface area (Å²) in [6.07, 6.45) is 3.05. The fourth-order valence-corrected chi connectivity index (χ4v) is 5.67. The Morgan fingerprint density at radius 3 is 2.35 bits per heavy atom. The summed E-state index contributed by atoms with van der Waals surface area (Å²) < 4.78 is 26.7. The molecule has 0 aliphatic carbocycles. The lowest BCUT2D eigenvalue weighted by molar-refractivity contribution is 0.351. The molecule has 0 unspecified atom stereocenters. The van der Waals surface area contributed by atoms with E-state index in [0.717, 1.165) is 33.3 Å². The maximum absolute atomic E-state index is 12.8. The molecule has 3 aromatic carbocycles. The van der Waals surface area contributed by atoms with Gasteiger partial charge in [-0.1, -0.05) is 71.7 Å². The molecule has 5 nitrogen and oxygen atoms in total. The fraction of sp³-hybridized carbons (Fsp3) is 0.115. The highest BCUT2D eigenvalue weighted by atomic mass is 35.5. The average Bonchev–Trinajstić information content (AvgIpc) is 3.25. The van der Waals surface area contributed by atoms with Gasteiger partial charge in [-0.15, -0.1) is 4.41 Å². The number of hydrogen-bond donors (Lipinski definition) is 1. The van der Waals surface area contributed by atoms with Crippen molar-refractivity contribution in [3.63, 3.8) is 0 Å². The van der Waals surface area contributed by atoms with E-state index in [1.807, 2.05) is 79.7 Å². The summed E-state index contributed by atoms with van der Waals surface area (Å²) in [6.45, 7) is 1.92. The summed E-state index contributed by atoms with van der Waals surface area (Å²) in [5.41, 5.74) is 8.75. The summed E-state index contributed by atoms with van der Waals surface area (Å²) in [7, 11) is -3.63. The highest BCUT2D eigenvalue weighted by Crippen LogP contribution is 2.42. The molecule has 4 aromatic rings. The van der Waals surface area contributed by atoms with Crippen molar-refractivity contribution in [3.8, 4) is 11.1 Å². The Bertz CT molecular complexity index is 1550. The molecular weight excluding hydrogens is 489 g/mol. The van der Waals surface area contributed by atoms with E-state index in [9.17, 15) is 8.42 Å². The summed E-state index contributed by atoms with van der Waals surface area (Å²) in [4.78, 5) is 4.82. The smallest absolute Gasteiger partial charge is 0.228 e. The number of nitrogens with one attached hydrogen (secondary N) is 1. The zero-order valence-corrected chi connectivity index (χ0v) is 20.8. The van der Waals surface area contributed by atoms with E-state index >= 15 is 0 Å². The van der Waals surface area contributed by atoms with Crippen molar-refractivity contribution in [1.29, 1.82) is 0 Å². The predicted molar refractivity (Wildman–Crippen MR) is 139 cm³/mol. The second kappa shape index (κ2) is 8.71. The van der Waals surface area contributed by atoms with Crippen molar-refractivity contribution in [3.05, 3.63) is 106 Å². The number of sulfonamides is 1. The van der Waals surface area contributed by atoms with Crippen LogP contribution in [0, 0.1) is 6.92 Å². The van der Waals surface area contributed by atoms with E-state index in [2.05, 4.69) is 5.43 Å². The normalized spacial score (nSPS) is 16.5. The van der Waals surface area contributed by atoms with Gasteiger partial charge in [0, 0.05) is 32.3 Å². The van der Waals surface area contributed by atoms with Crippen molar-refractivity contribution in [2.45, 2.75) is 13.0 Å². The Balaban J connectivity index is 1.80. The van der Waals surface area contributed by atoms with Crippen LogP contribution in [0.5, 0.6) is 0 Å². The number of aromatic nitrogens is 1. The maximum Gasteiger partial charge on any atom is 0.228 e. The Labute approximate surface area is 208 Å². The van der Waals surface area contributed by atoms with Crippen LogP contribution in [0.25, 0.3) is 27.7 Å². The van der Waals surface area contributed by atoms with Crippen LogP contribution in [0.3, 0.4) is 0 Å². The zero-order chi connectivity index (χ0) is 24.0. The van der Waals surface area contributed by atoms with Gasteiger partial charge in [-0.2, -0.15) is 0 Å². The Morgan fingerprint density at radius 1 is 0.941 bits per heavy atom. The third-order valence-corrected chi connectivity index (χ3v) is 7.46. The molecule has 2 heterocycles. The largest absolute Gasteiger partial charge is 0.304 e. The molecule has 1 aromatic heterocycles. The average molecular weight is 510 g/mol. The standard InChI is InChI=1S/C26H21Cl2N3O2S/c1-16-25(23-15-24(31(30-23)34(2,32)33)19-10-6-7-11-21(19)28)26(17-8-4-3-5-9-17)20-14-18(27)12-13-22(20)29-16/h3-15,24,30H,1-2H3/t24-/m1/s1. The molecule has 0 bridgehead atoms. The van der Waals surface area contributed by atoms with Crippen molar-refractivity contribution >= 4 is 49.8 Å². The minimum Gasteiger partial charge on any atom is -0.304 e. The molecule has 0 spiro atoms. The van der Waals surface area contributed by atoms with Crippen molar-refractivity contribution in [2.75, 3.05) is 6.26 Å². The lowest BCUT2D eigenvalue weighted by Crippen LogP contribution is -2.38. The van der Waals surface area contributed by atoms with Crippen LogP contribution in [-0.2, 0) is 10.0 Å². The van der Waals surface area contributed by atoms with Gasteiger partial charge in [-0.05, 0) is 48.4 Å². The van der Waals surface area contributed by atoms with E-state index in [0.29, 0.717) is 21.3 Å². The molecule has 34 heavy (non-hydrogen) atoms. The number of fused-ring (bicyclic) bond motifs is 1. The third kappa shape index (κ3) is 4.07. The molecule has 1 aliphatic rings. The number of aryl methyl sites for hydroxylation is 1. The van der Waals surface area contributed by atoms with E-state index in [1.54, 1.807) is 6.07 Å². The Hall–Kier alpha value is -2.90. The van der Waals surface area contributed by atoms with Gasteiger partial charge < -0.3 is 5.43 Å². The molecule has 8 heteroatoms. The van der Waals surface area contributed by atoms with Crippen LogP contribution < -0.4 is 5.43 Å². The first kappa shape index (κ1) is 22.9. The van der Waals surface area contributed by atoms with Gasteiger partial charge in [0.25, 0.3) is 0 Å². The third-order valence-electron chi connectivity index (χ3n) is 5.85. The number of pyridine rings is 1. The molecule has 0 radical (unpaired) electrons. The lowest BCUT2D eigenvalue weighted by atomic mass is 9.92. The topological polar surface area (TPSA) is 62.3 Å². The van der Waals surface area contributed by atoms with Gasteiger partial charge >= 0.3 is 0 Å². The molecule has 172 valence electrons. The van der Waals surface area contributed by atoms with Crippen LogP contribution in [-0.4, -0.2) is 24.1 Å². The Morgan fingerprint density at radius 2 is 1.65 bits per heavy atom. The molecular formula is C26H21Cl2N3O2S. The zero-order valence-electron chi connectivity index (χ0n) is 18.5. The van der Waals surface area contributed by atoms with Gasteiger partial charge in [0.1, 0.15) is 0 Å². The van der Waals surface area contributed by atoms with Crippen LogP contribution in [0.4, 0.5) is 0 Å². The van der Waals surface area contributed by atoms with E-state index < -0.39 is 16.1 Å². The summed E-state index contributed by atoms with van der Waals surface area (Å²) in [5, 5.41) is 1.97. The van der Waals surface area contributed by atoms with Crippen molar-refractivity contribution in [2.24, 2.45) is 0 Å². The Kier molecular flexibility index (Phi) is 5.86. The van der Waals surface area contributed by atoms with Gasteiger partial charge in [-0.3, -0.25) is 4.98 Å². The van der Waals surface area contributed by atoms with Crippen LogP contribution in [0.15, 0.2) is 78.9 Å². The molecule has 0 amide bonds. The highest BCUT2D eigenvalue weighted by molar-refractivity contribution is 7.88. The first-order valence-electron chi connectivity index (χ1n) is 10.6. The minimum atomic E-state index is -3.63. The predicted octanol–water partition coefficient (Wildman–Crippen LogP) is 6.38. The molecule has 0 fully saturated rings. The maximum atomic E-state index is 12.8. The number of nitrogens with zero attached hydrogens (tertiary/aromatic N) is 2. The molecule has 1 atom stereocenters. The number of rotatable bonds is 4. The van der Waals surface area contributed by atoms with Gasteiger partial charge in [-0.25, -0.2) is 8.42 Å². The summed E-state index contributed by atoms with van der Waals surface area (Å²) in [6, 6.07) is 22.2. The monoisotopic (exact) mass is 509 g/mol. The van der Waals surface area contributed by atoms with Crippen molar-refractivity contribution < 1.29 is 8.42 Å². The number of hydrogen-bond acceptors (Lipinski definition) is 4. The van der Waals surface area contributed by atoms with Gasteiger partial charge in [0.15, 0.2) is 0 Å². The second-order valence-electron chi connectivity index (χ2n) is 8.19. The van der Waals surface area contributed by atoms with E-state index in [4.69, 9.17) is 28.2 Å². The lowest BCUT2D eigenvalue weighted by Gasteiger charge is -2.24. The highest BCUT2D eigenvalue weighted by Gasteiger charge is 2.36. The molecule has 5 rings (SSSR count).